The molecule has 2 aromatic rings. The largest absolute Gasteiger partial charge is 0.376 e. The minimum Gasteiger partial charge on any atom is -0.376 e. The number of carbonyl (C=O) groups excluding carboxylic acids is 1. The number of nitriles is 1. The van der Waals surface area contributed by atoms with Crippen LogP contribution in [0.15, 0.2) is 54.6 Å². The molecule has 26 heavy (non-hydrogen) atoms. The van der Waals surface area contributed by atoms with E-state index in [0.29, 0.717) is 32.1 Å². The molecule has 5 nitrogen and oxygen atoms in total. The van der Waals surface area contributed by atoms with E-state index in [9.17, 15) is 4.79 Å². The summed E-state index contributed by atoms with van der Waals surface area (Å²) in [6.45, 7) is 2.74. The van der Waals surface area contributed by atoms with Crippen LogP contribution in [0.2, 0.25) is 0 Å². The Morgan fingerprint density at radius 3 is 2.65 bits per heavy atom. The van der Waals surface area contributed by atoms with Crippen molar-refractivity contribution < 1.29 is 9.53 Å². The summed E-state index contributed by atoms with van der Waals surface area (Å²) >= 11 is 0. The molecule has 0 aromatic heterocycles. The van der Waals surface area contributed by atoms with Gasteiger partial charge in [-0.1, -0.05) is 42.5 Å². The number of rotatable bonds is 6. The third-order valence-corrected chi connectivity index (χ3v) is 4.53. The van der Waals surface area contributed by atoms with Crippen LogP contribution >= 0.6 is 0 Å². The molecule has 0 aliphatic carbocycles. The fourth-order valence-corrected chi connectivity index (χ4v) is 3.07. The first-order valence-electron chi connectivity index (χ1n) is 8.88. The van der Waals surface area contributed by atoms with Crippen molar-refractivity contribution in [2.45, 2.75) is 19.4 Å². The van der Waals surface area contributed by atoms with Crippen molar-refractivity contribution in [1.82, 2.24) is 4.90 Å². The lowest BCUT2D eigenvalue weighted by Crippen LogP contribution is -2.33. The highest BCUT2D eigenvalue weighted by atomic mass is 16.5. The molecule has 1 aliphatic heterocycles. The van der Waals surface area contributed by atoms with Crippen molar-refractivity contribution in [3.8, 4) is 6.07 Å². The van der Waals surface area contributed by atoms with Crippen LogP contribution in [0.4, 0.5) is 10.5 Å². The molecule has 3 rings (SSSR count). The Labute approximate surface area is 154 Å². The van der Waals surface area contributed by atoms with Gasteiger partial charge in [-0.05, 0) is 29.7 Å². The van der Waals surface area contributed by atoms with E-state index in [2.05, 4.69) is 23.5 Å². The first-order valence-corrected chi connectivity index (χ1v) is 8.88. The topological polar surface area (TPSA) is 65.4 Å². The summed E-state index contributed by atoms with van der Waals surface area (Å²) in [6.07, 6.45) is 1.34. The third kappa shape index (κ3) is 5.08. The molecule has 1 heterocycles. The standard InChI is InChI=1S/C21H23N3O2/c22-12-10-17-6-8-20(9-7-17)23-21(25)24-13-11-19(14-24)16-26-15-18-4-2-1-3-5-18/h1-9,19H,10-11,13-16H2,(H,23,25)/t19-/m0/s1. The molecule has 0 saturated carbocycles. The summed E-state index contributed by atoms with van der Waals surface area (Å²) in [4.78, 5) is 14.2. The lowest BCUT2D eigenvalue weighted by atomic mass is 10.1. The van der Waals surface area contributed by atoms with E-state index in [0.717, 1.165) is 24.2 Å². The summed E-state index contributed by atoms with van der Waals surface area (Å²) in [5.41, 5.74) is 2.86. The number of anilines is 1. The summed E-state index contributed by atoms with van der Waals surface area (Å²) in [5, 5.41) is 11.6. The van der Waals surface area contributed by atoms with Gasteiger partial charge in [-0.2, -0.15) is 5.26 Å². The number of hydrogen-bond donors (Lipinski definition) is 1. The summed E-state index contributed by atoms with van der Waals surface area (Å²) in [6, 6.07) is 19.5. The van der Waals surface area contributed by atoms with Crippen LogP contribution < -0.4 is 5.32 Å². The molecule has 1 aliphatic rings. The number of carbonyl (C=O) groups is 1. The van der Waals surface area contributed by atoms with Crippen molar-refractivity contribution in [2.75, 3.05) is 25.0 Å². The smallest absolute Gasteiger partial charge is 0.321 e. The van der Waals surface area contributed by atoms with E-state index in [4.69, 9.17) is 10.00 Å². The number of urea groups is 1. The van der Waals surface area contributed by atoms with Gasteiger partial charge in [-0.15, -0.1) is 0 Å². The van der Waals surface area contributed by atoms with Crippen LogP contribution in [0.3, 0.4) is 0 Å². The molecule has 2 amide bonds. The normalized spacial score (nSPS) is 16.3. The average molecular weight is 349 g/mol. The zero-order valence-electron chi connectivity index (χ0n) is 14.7. The van der Waals surface area contributed by atoms with Gasteiger partial charge in [0.2, 0.25) is 0 Å². The SMILES string of the molecule is N#CCc1ccc(NC(=O)N2CC[C@H](COCc3ccccc3)C2)cc1. The number of likely N-dealkylation sites (tertiary alicyclic amines) is 1. The number of benzene rings is 2. The first kappa shape index (κ1) is 18.0. The molecule has 1 atom stereocenters. The van der Waals surface area contributed by atoms with E-state index in [1.54, 1.807) is 0 Å². The Kier molecular flexibility index (Phi) is 6.24. The van der Waals surface area contributed by atoms with E-state index in [1.807, 2.05) is 47.4 Å². The maximum Gasteiger partial charge on any atom is 0.321 e. The van der Waals surface area contributed by atoms with E-state index >= 15 is 0 Å². The Bertz CT molecular complexity index is 753. The van der Waals surface area contributed by atoms with Crippen LogP contribution in [0.5, 0.6) is 0 Å². The minimum absolute atomic E-state index is 0.0800. The molecular formula is C21H23N3O2. The molecule has 134 valence electrons. The highest BCUT2D eigenvalue weighted by molar-refractivity contribution is 5.89. The highest BCUT2D eigenvalue weighted by Crippen LogP contribution is 2.19. The quantitative estimate of drug-likeness (QED) is 0.862. The van der Waals surface area contributed by atoms with Crippen molar-refractivity contribution in [1.29, 1.82) is 5.26 Å². The summed E-state index contributed by atoms with van der Waals surface area (Å²) in [5.74, 6) is 0.377. The molecule has 1 fully saturated rings. The van der Waals surface area contributed by atoms with E-state index in [-0.39, 0.29) is 6.03 Å². The van der Waals surface area contributed by atoms with E-state index < -0.39 is 0 Å². The van der Waals surface area contributed by atoms with Crippen molar-refractivity contribution in [2.24, 2.45) is 5.92 Å². The Morgan fingerprint density at radius 2 is 1.92 bits per heavy atom. The number of ether oxygens (including phenoxy) is 1. The minimum atomic E-state index is -0.0800. The predicted molar refractivity (Wildman–Crippen MR) is 101 cm³/mol. The second kappa shape index (κ2) is 9.02. The van der Waals surface area contributed by atoms with Crippen LogP contribution in [0.1, 0.15) is 17.5 Å². The zero-order chi connectivity index (χ0) is 18.2. The number of amides is 2. The predicted octanol–water partition coefficient (Wildman–Crippen LogP) is 3.82. The van der Waals surface area contributed by atoms with Gasteiger partial charge in [0.25, 0.3) is 0 Å². The number of nitrogens with one attached hydrogen (secondary N) is 1. The molecule has 2 aromatic carbocycles. The molecule has 1 saturated heterocycles. The van der Waals surface area contributed by atoms with Gasteiger partial charge in [0.1, 0.15) is 0 Å². The van der Waals surface area contributed by atoms with Crippen molar-refractivity contribution in [3.05, 3.63) is 65.7 Å². The Morgan fingerprint density at radius 1 is 1.15 bits per heavy atom. The zero-order valence-corrected chi connectivity index (χ0v) is 14.7. The van der Waals surface area contributed by atoms with Gasteiger partial charge < -0.3 is 15.0 Å². The van der Waals surface area contributed by atoms with Crippen LogP contribution in [-0.2, 0) is 17.8 Å². The van der Waals surface area contributed by atoms with Gasteiger partial charge in [0.05, 0.1) is 25.7 Å². The monoisotopic (exact) mass is 349 g/mol. The van der Waals surface area contributed by atoms with Gasteiger partial charge in [0, 0.05) is 24.7 Å². The number of nitrogens with zero attached hydrogens (tertiary/aromatic N) is 2. The van der Waals surface area contributed by atoms with Gasteiger partial charge >= 0.3 is 6.03 Å². The molecule has 0 unspecified atom stereocenters. The lowest BCUT2D eigenvalue weighted by Gasteiger charge is -2.17. The fourth-order valence-electron chi connectivity index (χ4n) is 3.07. The second-order valence-corrected chi connectivity index (χ2v) is 6.56. The lowest BCUT2D eigenvalue weighted by molar-refractivity contribution is 0.0900. The van der Waals surface area contributed by atoms with Crippen molar-refractivity contribution in [3.63, 3.8) is 0 Å². The fraction of sp³-hybridized carbons (Fsp3) is 0.333. The Hall–Kier alpha value is -2.84. The maximum absolute atomic E-state index is 12.4. The van der Waals surface area contributed by atoms with Crippen molar-refractivity contribution >= 4 is 11.7 Å². The third-order valence-electron chi connectivity index (χ3n) is 4.53. The Balaban J connectivity index is 1.41. The van der Waals surface area contributed by atoms with Gasteiger partial charge in [0.15, 0.2) is 0 Å². The van der Waals surface area contributed by atoms with Crippen LogP contribution in [0, 0.1) is 17.2 Å². The molecule has 0 bridgehead atoms. The average Bonchev–Trinajstić information content (AvgIpc) is 3.14. The molecule has 0 spiro atoms. The molecular weight excluding hydrogens is 326 g/mol. The first-order chi connectivity index (χ1) is 12.7. The van der Waals surface area contributed by atoms with Crippen LogP contribution in [-0.4, -0.2) is 30.6 Å². The van der Waals surface area contributed by atoms with Crippen LogP contribution in [0.25, 0.3) is 0 Å². The molecule has 5 heteroatoms. The second-order valence-electron chi connectivity index (χ2n) is 6.56. The summed E-state index contributed by atoms with van der Waals surface area (Å²) in [7, 11) is 0. The summed E-state index contributed by atoms with van der Waals surface area (Å²) < 4.78 is 5.80. The maximum atomic E-state index is 12.4. The highest BCUT2D eigenvalue weighted by Gasteiger charge is 2.26. The van der Waals surface area contributed by atoms with Gasteiger partial charge in [-0.3, -0.25) is 0 Å². The molecule has 1 N–H and O–H groups in total. The van der Waals surface area contributed by atoms with Gasteiger partial charge in [-0.25, -0.2) is 4.79 Å². The number of hydrogen-bond acceptors (Lipinski definition) is 3. The molecule has 0 radical (unpaired) electrons. The van der Waals surface area contributed by atoms with E-state index in [1.165, 1.54) is 5.56 Å².